The van der Waals surface area contributed by atoms with Gasteiger partial charge < -0.3 is 14.6 Å². The van der Waals surface area contributed by atoms with Gasteiger partial charge in [0.1, 0.15) is 6.04 Å². The van der Waals surface area contributed by atoms with Gasteiger partial charge >= 0.3 is 5.97 Å². The predicted molar refractivity (Wildman–Crippen MR) is 75.3 cm³/mol. The molecule has 0 aliphatic carbocycles. The maximum absolute atomic E-state index is 11.3. The van der Waals surface area contributed by atoms with E-state index in [-0.39, 0.29) is 6.04 Å². The molecule has 0 radical (unpaired) electrons. The number of rotatable bonds is 5. The van der Waals surface area contributed by atoms with Crippen LogP contribution in [0.5, 0.6) is 11.5 Å². The Morgan fingerprint density at radius 1 is 1.35 bits per heavy atom. The van der Waals surface area contributed by atoms with E-state index in [0.29, 0.717) is 17.9 Å². The van der Waals surface area contributed by atoms with E-state index >= 15 is 0 Å². The van der Waals surface area contributed by atoms with Gasteiger partial charge in [0.05, 0.1) is 14.2 Å². The molecule has 20 heavy (non-hydrogen) atoms. The fourth-order valence-electron chi connectivity index (χ4n) is 2.82. The number of hydrogen-bond acceptors (Lipinski definition) is 4. The zero-order chi connectivity index (χ0) is 14.7. The summed E-state index contributed by atoms with van der Waals surface area (Å²) < 4.78 is 10.5. The summed E-state index contributed by atoms with van der Waals surface area (Å²) in [5.41, 5.74) is 1.04. The maximum Gasteiger partial charge on any atom is 0.320 e. The molecule has 1 saturated heterocycles. The average Bonchev–Trinajstić information content (AvgIpc) is 2.95. The van der Waals surface area contributed by atoms with Crippen molar-refractivity contribution in [2.45, 2.75) is 31.8 Å². The number of ether oxygens (including phenoxy) is 2. The van der Waals surface area contributed by atoms with Gasteiger partial charge in [-0.15, -0.1) is 0 Å². The Labute approximate surface area is 119 Å². The minimum absolute atomic E-state index is 0.0402. The molecule has 5 nitrogen and oxygen atoms in total. The number of benzene rings is 1. The van der Waals surface area contributed by atoms with Crippen molar-refractivity contribution in [1.82, 2.24) is 4.90 Å². The summed E-state index contributed by atoms with van der Waals surface area (Å²) >= 11 is 0. The van der Waals surface area contributed by atoms with Gasteiger partial charge in [-0.3, -0.25) is 9.69 Å². The lowest BCUT2D eigenvalue weighted by Gasteiger charge is -2.29. The van der Waals surface area contributed by atoms with E-state index in [4.69, 9.17) is 9.47 Å². The number of methoxy groups -OCH3 is 2. The summed E-state index contributed by atoms with van der Waals surface area (Å²) in [6.45, 7) is 2.84. The fraction of sp³-hybridized carbons (Fsp3) is 0.533. The van der Waals surface area contributed by atoms with Gasteiger partial charge in [-0.25, -0.2) is 0 Å². The molecule has 1 heterocycles. The molecule has 0 spiro atoms. The maximum atomic E-state index is 11.3. The molecule has 1 fully saturated rings. The van der Waals surface area contributed by atoms with Crippen LogP contribution in [0.15, 0.2) is 18.2 Å². The number of carboxylic acid groups (broad SMARTS) is 1. The molecule has 2 rings (SSSR count). The van der Waals surface area contributed by atoms with Gasteiger partial charge in [-0.2, -0.15) is 0 Å². The Morgan fingerprint density at radius 2 is 2.05 bits per heavy atom. The molecule has 0 amide bonds. The molecule has 2 unspecified atom stereocenters. The quantitative estimate of drug-likeness (QED) is 0.896. The van der Waals surface area contributed by atoms with E-state index in [1.54, 1.807) is 14.2 Å². The van der Waals surface area contributed by atoms with E-state index in [1.165, 1.54) is 0 Å². The van der Waals surface area contributed by atoms with Crippen LogP contribution in [0, 0.1) is 0 Å². The summed E-state index contributed by atoms with van der Waals surface area (Å²) in [7, 11) is 3.20. The third-order valence-corrected chi connectivity index (χ3v) is 3.97. The smallest absolute Gasteiger partial charge is 0.320 e. The molecule has 0 saturated carbocycles. The van der Waals surface area contributed by atoms with Crippen LogP contribution in [0.25, 0.3) is 0 Å². The van der Waals surface area contributed by atoms with E-state index in [1.807, 2.05) is 30.0 Å². The highest BCUT2D eigenvalue weighted by Gasteiger charge is 2.34. The third-order valence-electron chi connectivity index (χ3n) is 3.97. The largest absolute Gasteiger partial charge is 0.493 e. The minimum Gasteiger partial charge on any atom is -0.493 e. The number of aliphatic carboxylic acids is 1. The Morgan fingerprint density at radius 3 is 2.65 bits per heavy atom. The standard InChI is InChI=1S/C15H21NO4/c1-10(16-8-4-5-12(16)15(17)18)11-6-7-13(19-2)14(9-11)20-3/h6-7,9-10,12H,4-5,8H2,1-3H3,(H,17,18). The lowest BCUT2D eigenvalue weighted by atomic mass is 10.1. The lowest BCUT2D eigenvalue weighted by Crippen LogP contribution is -2.37. The molecule has 2 atom stereocenters. The van der Waals surface area contributed by atoms with Crippen LogP contribution >= 0.6 is 0 Å². The van der Waals surface area contributed by atoms with E-state index in [2.05, 4.69) is 0 Å². The Hall–Kier alpha value is -1.75. The van der Waals surface area contributed by atoms with Gasteiger partial charge in [-0.1, -0.05) is 6.07 Å². The highest BCUT2D eigenvalue weighted by molar-refractivity contribution is 5.73. The molecule has 1 aliphatic heterocycles. The zero-order valence-corrected chi connectivity index (χ0v) is 12.1. The van der Waals surface area contributed by atoms with E-state index < -0.39 is 12.0 Å². The number of carbonyl (C=O) groups is 1. The summed E-state index contributed by atoms with van der Waals surface area (Å²) in [6.07, 6.45) is 1.64. The van der Waals surface area contributed by atoms with Crippen molar-refractivity contribution in [2.24, 2.45) is 0 Å². The lowest BCUT2D eigenvalue weighted by molar-refractivity contribution is -0.142. The van der Waals surface area contributed by atoms with Crippen LogP contribution in [0.3, 0.4) is 0 Å². The van der Waals surface area contributed by atoms with Crippen LogP contribution in [0.4, 0.5) is 0 Å². The van der Waals surface area contributed by atoms with Crippen molar-refractivity contribution in [3.8, 4) is 11.5 Å². The first kappa shape index (κ1) is 14.7. The number of carboxylic acids is 1. The predicted octanol–water partition coefficient (Wildman–Crippen LogP) is 2.31. The van der Waals surface area contributed by atoms with Crippen LogP contribution in [-0.4, -0.2) is 42.8 Å². The molecule has 5 heteroatoms. The Balaban J connectivity index is 2.24. The summed E-state index contributed by atoms with van der Waals surface area (Å²) in [6, 6.07) is 5.39. The molecule has 110 valence electrons. The van der Waals surface area contributed by atoms with Crippen molar-refractivity contribution >= 4 is 5.97 Å². The van der Waals surface area contributed by atoms with Gasteiger partial charge in [0, 0.05) is 6.04 Å². The van der Waals surface area contributed by atoms with Gasteiger partial charge in [0.25, 0.3) is 0 Å². The van der Waals surface area contributed by atoms with E-state index in [9.17, 15) is 9.90 Å². The zero-order valence-electron chi connectivity index (χ0n) is 12.1. The van der Waals surface area contributed by atoms with Crippen LogP contribution in [-0.2, 0) is 4.79 Å². The highest BCUT2D eigenvalue weighted by atomic mass is 16.5. The van der Waals surface area contributed by atoms with Crippen LogP contribution in [0.1, 0.15) is 31.4 Å². The molecule has 1 aromatic carbocycles. The second-order valence-electron chi connectivity index (χ2n) is 5.02. The average molecular weight is 279 g/mol. The molecule has 1 N–H and O–H groups in total. The van der Waals surface area contributed by atoms with Crippen LogP contribution in [0.2, 0.25) is 0 Å². The minimum atomic E-state index is -0.741. The summed E-state index contributed by atoms with van der Waals surface area (Å²) in [5, 5.41) is 9.28. The van der Waals surface area contributed by atoms with Gasteiger partial charge in [0.2, 0.25) is 0 Å². The topological polar surface area (TPSA) is 59.0 Å². The number of nitrogens with zero attached hydrogens (tertiary/aromatic N) is 1. The Kier molecular flexibility index (Phi) is 4.49. The fourth-order valence-corrected chi connectivity index (χ4v) is 2.82. The SMILES string of the molecule is COc1ccc(C(C)N2CCCC2C(=O)O)cc1OC. The van der Waals surface area contributed by atoms with E-state index in [0.717, 1.165) is 18.5 Å². The molecular weight excluding hydrogens is 258 g/mol. The number of likely N-dealkylation sites (tertiary alicyclic amines) is 1. The first-order valence-corrected chi connectivity index (χ1v) is 6.79. The summed E-state index contributed by atoms with van der Waals surface area (Å²) in [4.78, 5) is 13.3. The van der Waals surface area contributed by atoms with Crippen LogP contribution < -0.4 is 9.47 Å². The summed E-state index contributed by atoms with van der Waals surface area (Å²) in [5.74, 6) is 0.609. The Bertz CT molecular complexity index is 489. The first-order chi connectivity index (χ1) is 9.58. The second kappa shape index (κ2) is 6.13. The third kappa shape index (κ3) is 2.72. The molecule has 0 aromatic heterocycles. The normalized spacial score (nSPS) is 20.6. The van der Waals surface area contributed by atoms with Gasteiger partial charge in [-0.05, 0) is 44.0 Å². The van der Waals surface area contributed by atoms with Gasteiger partial charge in [0.15, 0.2) is 11.5 Å². The molecule has 1 aromatic rings. The van der Waals surface area contributed by atoms with Crippen molar-refractivity contribution in [2.75, 3.05) is 20.8 Å². The monoisotopic (exact) mass is 279 g/mol. The van der Waals surface area contributed by atoms with Crippen molar-refractivity contribution < 1.29 is 19.4 Å². The second-order valence-corrected chi connectivity index (χ2v) is 5.02. The molecule has 1 aliphatic rings. The van der Waals surface area contributed by atoms with Crippen molar-refractivity contribution in [3.63, 3.8) is 0 Å². The van der Waals surface area contributed by atoms with Crippen molar-refractivity contribution in [1.29, 1.82) is 0 Å². The molecular formula is C15H21NO4. The van der Waals surface area contributed by atoms with Crippen molar-refractivity contribution in [3.05, 3.63) is 23.8 Å². The number of hydrogen-bond donors (Lipinski definition) is 1. The molecule has 0 bridgehead atoms. The highest BCUT2D eigenvalue weighted by Crippen LogP contribution is 2.34. The first-order valence-electron chi connectivity index (χ1n) is 6.79.